The number of hydrogen-bond donors (Lipinski definition) is 2. The first-order valence-corrected chi connectivity index (χ1v) is 3.28. The summed E-state index contributed by atoms with van der Waals surface area (Å²) >= 11 is 0. The van der Waals surface area contributed by atoms with Crippen LogP contribution in [0.5, 0.6) is 0 Å². The summed E-state index contributed by atoms with van der Waals surface area (Å²) in [4.78, 5) is 21.2. The molecule has 2 atom stereocenters. The molecule has 0 aromatic heterocycles. The molecule has 1 heterocycles. The van der Waals surface area contributed by atoms with Crippen LogP contribution >= 0.6 is 0 Å². The van der Waals surface area contributed by atoms with Crippen molar-refractivity contribution in [3.8, 4) is 0 Å². The molecular formula is C6H10N2O3. The monoisotopic (exact) mass is 158 g/mol. The van der Waals surface area contributed by atoms with Crippen LogP contribution in [0, 0.1) is 0 Å². The molecule has 11 heavy (non-hydrogen) atoms. The third-order valence-electron chi connectivity index (χ3n) is 1.70. The SMILES string of the molecule is COC(=O)C1CC(C(N)=O)N1. The summed E-state index contributed by atoms with van der Waals surface area (Å²) in [7, 11) is 1.31. The van der Waals surface area contributed by atoms with Gasteiger partial charge in [0.2, 0.25) is 5.91 Å². The molecule has 0 saturated carbocycles. The van der Waals surface area contributed by atoms with Gasteiger partial charge in [0.1, 0.15) is 6.04 Å². The molecule has 2 unspecified atom stereocenters. The number of ether oxygens (including phenoxy) is 1. The average molecular weight is 158 g/mol. The van der Waals surface area contributed by atoms with Crippen molar-refractivity contribution in [3.05, 3.63) is 0 Å². The Bertz CT molecular complexity index is 186. The van der Waals surface area contributed by atoms with Gasteiger partial charge in [-0.1, -0.05) is 0 Å². The molecular weight excluding hydrogens is 148 g/mol. The van der Waals surface area contributed by atoms with Crippen molar-refractivity contribution >= 4 is 11.9 Å². The summed E-state index contributed by atoms with van der Waals surface area (Å²) in [6.45, 7) is 0. The highest BCUT2D eigenvalue weighted by atomic mass is 16.5. The average Bonchev–Trinajstić information content (AvgIpc) is 1.83. The first-order valence-electron chi connectivity index (χ1n) is 3.28. The molecule has 1 saturated heterocycles. The molecule has 0 aliphatic carbocycles. The predicted octanol–water partition coefficient (Wildman–Crippen LogP) is -1.62. The van der Waals surface area contributed by atoms with E-state index in [2.05, 4.69) is 10.1 Å². The van der Waals surface area contributed by atoms with Crippen molar-refractivity contribution in [3.63, 3.8) is 0 Å². The largest absolute Gasteiger partial charge is 0.468 e. The highest BCUT2D eigenvalue weighted by Gasteiger charge is 2.37. The van der Waals surface area contributed by atoms with Crippen molar-refractivity contribution in [1.29, 1.82) is 0 Å². The van der Waals surface area contributed by atoms with Crippen LogP contribution in [0.4, 0.5) is 0 Å². The fourth-order valence-corrected chi connectivity index (χ4v) is 0.959. The van der Waals surface area contributed by atoms with Gasteiger partial charge in [0, 0.05) is 0 Å². The van der Waals surface area contributed by atoms with Crippen molar-refractivity contribution < 1.29 is 14.3 Å². The van der Waals surface area contributed by atoms with E-state index in [0.717, 1.165) is 0 Å². The molecule has 1 aliphatic rings. The predicted molar refractivity (Wildman–Crippen MR) is 36.5 cm³/mol. The van der Waals surface area contributed by atoms with Crippen LogP contribution in [-0.4, -0.2) is 31.1 Å². The molecule has 1 amide bonds. The minimum absolute atomic E-state index is 0.345. The van der Waals surface area contributed by atoms with Crippen LogP contribution in [-0.2, 0) is 14.3 Å². The first kappa shape index (κ1) is 8.00. The van der Waals surface area contributed by atoms with Crippen LogP contribution in [0.2, 0.25) is 0 Å². The minimum atomic E-state index is -0.426. The molecule has 1 aliphatic heterocycles. The molecule has 0 radical (unpaired) electrons. The number of hydrogen-bond acceptors (Lipinski definition) is 4. The number of methoxy groups -OCH3 is 1. The molecule has 3 N–H and O–H groups in total. The summed E-state index contributed by atoms with van der Waals surface area (Å²) < 4.78 is 4.43. The van der Waals surface area contributed by atoms with E-state index in [1.165, 1.54) is 7.11 Å². The number of nitrogens with one attached hydrogen (secondary N) is 1. The van der Waals surface area contributed by atoms with Crippen LogP contribution in [0.1, 0.15) is 6.42 Å². The fraction of sp³-hybridized carbons (Fsp3) is 0.667. The highest BCUT2D eigenvalue weighted by molar-refractivity contribution is 5.86. The van der Waals surface area contributed by atoms with Crippen LogP contribution in [0.3, 0.4) is 0 Å². The number of primary amides is 1. The second-order valence-electron chi connectivity index (χ2n) is 2.43. The van der Waals surface area contributed by atoms with Crippen molar-refractivity contribution in [2.45, 2.75) is 18.5 Å². The van der Waals surface area contributed by atoms with E-state index >= 15 is 0 Å². The van der Waals surface area contributed by atoms with Crippen LogP contribution in [0.15, 0.2) is 0 Å². The molecule has 0 aromatic rings. The molecule has 62 valence electrons. The van der Waals surface area contributed by atoms with Gasteiger partial charge in [0.25, 0.3) is 0 Å². The number of nitrogens with two attached hydrogens (primary N) is 1. The van der Waals surface area contributed by atoms with E-state index in [4.69, 9.17) is 5.73 Å². The van der Waals surface area contributed by atoms with E-state index in [1.54, 1.807) is 0 Å². The van der Waals surface area contributed by atoms with Gasteiger partial charge in [-0.2, -0.15) is 0 Å². The molecule has 5 nitrogen and oxygen atoms in total. The lowest BCUT2D eigenvalue weighted by Crippen LogP contribution is -2.61. The van der Waals surface area contributed by atoms with Crippen LogP contribution < -0.4 is 11.1 Å². The first-order chi connectivity index (χ1) is 5.15. The van der Waals surface area contributed by atoms with E-state index in [1.807, 2.05) is 0 Å². The summed E-state index contributed by atoms with van der Waals surface area (Å²) in [6.07, 6.45) is 0.446. The van der Waals surface area contributed by atoms with Gasteiger partial charge in [0.05, 0.1) is 13.2 Å². The molecule has 0 spiro atoms. The summed E-state index contributed by atoms with van der Waals surface area (Å²) in [5, 5.41) is 2.68. The van der Waals surface area contributed by atoms with Crippen molar-refractivity contribution in [1.82, 2.24) is 5.32 Å². The Morgan fingerprint density at radius 2 is 2.09 bits per heavy atom. The molecule has 1 fully saturated rings. The number of rotatable bonds is 2. The van der Waals surface area contributed by atoms with Gasteiger partial charge in [-0.25, -0.2) is 0 Å². The number of amides is 1. The van der Waals surface area contributed by atoms with Crippen molar-refractivity contribution in [2.75, 3.05) is 7.11 Å². The number of esters is 1. The quantitative estimate of drug-likeness (QED) is 0.473. The Hall–Kier alpha value is -1.10. The third kappa shape index (κ3) is 1.48. The topological polar surface area (TPSA) is 81.4 Å². The Morgan fingerprint density at radius 1 is 1.55 bits per heavy atom. The maximum Gasteiger partial charge on any atom is 0.322 e. The molecule has 0 aromatic carbocycles. The van der Waals surface area contributed by atoms with Gasteiger partial charge >= 0.3 is 5.97 Å². The Labute approximate surface area is 63.9 Å². The maximum absolute atomic E-state index is 10.7. The molecule has 5 heteroatoms. The van der Waals surface area contributed by atoms with Gasteiger partial charge in [-0.15, -0.1) is 0 Å². The number of carbonyl (C=O) groups excluding carboxylic acids is 2. The lowest BCUT2D eigenvalue weighted by atomic mass is 9.97. The number of carbonyl (C=O) groups is 2. The van der Waals surface area contributed by atoms with Crippen LogP contribution in [0.25, 0.3) is 0 Å². The van der Waals surface area contributed by atoms with Gasteiger partial charge in [-0.05, 0) is 6.42 Å². The van der Waals surface area contributed by atoms with E-state index < -0.39 is 5.91 Å². The van der Waals surface area contributed by atoms with E-state index in [9.17, 15) is 9.59 Å². The maximum atomic E-state index is 10.7. The summed E-state index contributed by atoms with van der Waals surface area (Å²) in [5.41, 5.74) is 4.95. The van der Waals surface area contributed by atoms with Gasteiger partial charge in [0.15, 0.2) is 0 Å². The summed E-state index contributed by atoms with van der Waals surface area (Å²) in [5.74, 6) is -0.771. The minimum Gasteiger partial charge on any atom is -0.468 e. The lowest BCUT2D eigenvalue weighted by Gasteiger charge is -2.32. The van der Waals surface area contributed by atoms with E-state index in [0.29, 0.717) is 6.42 Å². The second-order valence-corrected chi connectivity index (χ2v) is 2.43. The Morgan fingerprint density at radius 3 is 2.45 bits per heavy atom. The lowest BCUT2D eigenvalue weighted by molar-refractivity contribution is -0.147. The molecule has 0 bridgehead atoms. The summed E-state index contributed by atoms with van der Waals surface area (Å²) in [6, 6.07) is -0.711. The standard InChI is InChI=1S/C6H10N2O3/c1-11-6(10)4-2-3(8-4)5(7)9/h3-4,8H,2H2,1H3,(H2,7,9). The highest BCUT2D eigenvalue weighted by Crippen LogP contribution is 2.11. The zero-order chi connectivity index (χ0) is 8.43. The van der Waals surface area contributed by atoms with Gasteiger partial charge < -0.3 is 10.5 Å². The Balaban J connectivity index is 2.29. The Kier molecular flexibility index (Phi) is 2.09. The normalized spacial score (nSPS) is 28.8. The van der Waals surface area contributed by atoms with E-state index in [-0.39, 0.29) is 18.1 Å². The smallest absolute Gasteiger partial charge is 0.322 e. The second kappa shape index (κ2) is 2.87. The zero-order valence-electron chi connectivity index (χ0n) is 6.16. The van der Waals surface area contributed by atoms with Gasteiger partial charge in [-0.3, -0.25) is 14.9 Å². The van der Waals surface area contributed by atoms with Crippen molar-refractivity contribution in [2.24, 2.45) is 5.73 Å². The molecule has 1 rings (SSSR count). The fourth-order valence-electron chi connectivity index (χ4n) is 0.959. The third-order valence-corrected chi connectivity index (χ3v) is 1.70. The zero-order valence-corrected chi connectivity index (χ0v) is 6.16.